The predicted octanol–water partition coefficient (Wildman–Crippen LogP) is 2.48. The van der Waals surface area contributed by atoms with Crippen LogP contribution in [0.5, 0.6) is 0 Å². The third-order valence-corrected chi connectivity index (χ3v) is 6.97. The van der Waals surface area contributed by atoms with E-state index in [0.717, 1.165) is 37.8 Å². The maximum absolute atomic E-state index is 13.4. The van der Waals surface area contributed by atoms with E-state index in [0.29, 0.717) is 12.1 Å². The van der Waals surface area contributed by atoms with Crippen LogP contribution in [0.15, 0.2) is 35.2 Å². The molecule has 3 aliphatic rings. The highest BCUT2D eigenvalue weighted by Crippen LogP contribution is 2.46. The average Bonchev–Trinajstić information content (AvgIpc) is 3.38. The molecule has 2 fully saturated rings. The summed E-state index contributed by atoms with van der Waals surface area (Å²) >= 11 is 1.61. The normalized spacial score (nSPS) is 30.6. The molecule has 3 atom stereocenters. The zero-order valence-electron chi connectivity index (χ0n) is 14.2. The summed E-state index contributed by atoms with van der Waals surface area (Å²) < 4.78 is 0. The molecular formula is C20H23N3OS. The Labute approximate surface area is 152 Å². The summed E-state index contributed by atoms with van der Waals surface area (Å²) in [7, 11) is 0. The van der Waals surface area contributed by atoms with E-state index in [1.807, 2.05) is 5.51 Å². The van der Waals surface area contributed by atoms with Gasteiger partial charge in [-0.1, -0.05) is 24.3 Å². The van der Waals surface area contributed by atoms with Crippen molar-refractivity contribution >= 4 is 17.2 Å². The molecule has 0 unspecified atom stereocenters. The Kier molecular flexibility index (Phi) is 3.68. The Hall–Kier alpha value is -1.72. The van der Waals surface area contributed by atoms with Gasteiger partial charge in [0.1, 0.15) is 0 Å². The maximum Gasteiger partial charge on any atom is 0.228 e. The lowest BCUT2D eigenvalue weighted by Gasteiger charge is -2.35. The molecule has 130 valence electrons. The van der Waals surface area contributed by atoms with Gasteiger partial charge in [0.15, 0.2) is 0 Å². The van der Waals surface area contributed by atoms with Crippen molar-refractivity contribution in [2.45, 2.75) is 56.7 Å². The molecule has 1 aromatic carbocycles. The first-order chi connectivity index (χ1) is 12.2. The van der Waals surface area contributed by atoms with Crippen LogP contribution in [0.1, 0.15) is 36.1 Å². The molecule has 1 amide bonds. The summed E-state index contributed by atoms with van der Waals surface area (Å²) in [4.78, 5) is 17.9. The largest absolute Gasteiger partial charge is 0.352 e. The molecule has 5 rings (SSSR count). The van der Waals surface area contributed by atoms with Gasteiger partial charge in [0, 0.05) is 29.9 Å². The molecule has 2 saturated heterocycles. The van der Waals surface area contributed by atoms with Gasteiger partial charge in [-0.3, -0.25) is 4.79 Å². The van der Waals surface area contributed by atoms with Crippen molar-refractivity contribution in [1.29, 1.82) is 0 Å². The van der Waals surface area contributed by atoms with E-state index in [2.05, 4.69) is 45.3 Å². The third kappa shape index (κ3) is 2.61. The van der Waals surface area contributed by atoms with Gasteiger partial charge in [-0.25, -0.2) is 4.98 Å². The molecular weight excluding hydrogens is 330 g/mol. The fourth-order valence-corrected chi connectivity index (χ4v) is 5.72. The van der Waals surface area contributed by atoms with Gasteiger partial charge in [-0.05, 0) is 43.2 Å². The minimum Gasteiger partial charge on any atom is -0.352 e. The second-order valence-electron chi connectivity index (χ2n) is 7.86. The van der Waals surface area contributed by atoms with Gasteiger partial charge in [0.25, 0.3) is 0 Å². The van der Waals surface area contributed by atoms with Crippen molar-refractivity contribution in [2.24, 2.45) is 5.41 Å². The average molecular weight is 353 g/mol. The molecule has 0 radical (unpaired) electrons. The standard InChI is InChI=1S/C20H23N3OS/c24-19(23-16-7-13-3-1-2-4-14(13)8-16)20(10-17-11-25-12-21-17)9-15-5-6-18(20)22-15/h1-4,11-12,15-16,18,22H,5-10H2,(H,23,24)/t15-,18+,20-/m0/s1. The van der Waals surface area contributed by atoms with Crippen LogP contribution < -0.4 is 10.6 Å². The number of benzene rings is 1. The monoisotopic (exact) mass is 353 g/mol. The molecule has 2 bridgehead atoms. The second kappa shape index (κ2) is 5.92. The number of hydrogen-bond acceptors (Lipinski definition) is 4. The molecule has 2 aliphatic heterocycles. The van der Waals surface area contributed by atoms with E-state index in [1.54, 1.807) is 11.3 Å². The Morgan fingerprint density at radius 3 is 2.68 bits per heavy atom. The van der Waals surface area contributed by atoms with E-state index >= 15 is 0 Å². The van der Waals surface area contributed by atoms with Crippen LogP contribution in [0.3, 0.4) is 0 Å². The number of nitrogens with zero attached hydrogens (tertiary/aromatic N) is 1. The lowest BCUT2D eigenvalue weighted by molar-refractivity contribution is -0.133. The van der Waals surface area contributed by atoms with Gasteiger partial charge in [0.2, 0.25) is 5.91 Å². The highest BCUT2D eigenvalue weighted by molar-refractivity contribution is 7.07. The number of rotatable bonds is 4. The Morgan fingerprint density at radius 1 is 1.28 bits per heavy atom. The van der Waals surface area contributed by atoms with Gasteiger partial charge >= 0.3 is 0 Å². The molecule has 1 aromatic heterocycles. The van der Waals surface area contributed by atoms with E-state index in [-0.39, 0.29) is 17.4 Å². The van der Waals surface area contributed by atoms with E-state index in [9.17, 15) is 4.79 Å². The van der Waals surface area contributed by atoms with Gasteiger partial charge in [-0.2, -0.15) is 0 Å². The Balaban J connectivity index is 1.36. The first kappa shape index (κ1) is 15.5. The van der Waals surface area contributed by atoms with E-state index < -0.39 is 0 Å². The summed E-state index contributed by atoms with van der Waals surface area (Å²) in [5, 5.41) is 9.16. The summed E-state index contributed by atoms with van der Waals surface area (Å²) in [5.41, 5.74) is 5.37. The Morgan fingerprint density at radius 2 is 2.08 bits per heavy atom. The van der Waals surface area contributed by atoms with Crippen LogP contribution >= 0.6 is 11.3 Å². The number of carbonyl (C=O) groups excluding carboxylic acids is 1. The predicted molar refractivity (Wildman–Crippen MR) is 98.6 cm³/mol. The lowest BCUT2D eigenvalue weighted by atomic mass is 9.70. The van der Waals surface area contributed by atoms with Gasteiger partial charge in [0.05, 0.1) is 16.6 Å². The zero-order chi connectivity index (χ0) is 16.9. The molecule has 2 aromatic rings. The number of nitrogens with one attached hydrogen (secondary N) is 2. The fraction of sp³-hybridized carbons (Fsp3) is 0.500. The van der Waals surface area contributed by atoms with Gasteiger partial charge < -0.3 is 10.6 Å². The molecule has 1 aliphatic carbocycles. The van der Waals surface area contributed by atoms with Crippen molar-refractivity contribution in [3.05, 3.63) is 52.0 Å². The van der Waals surface area contributed by atoms with Gasteiger partial charge in [-0.15, -0.1) is 11.3 Å². The van der Waals surface area contributed by atoms with Crippen LogP contribution in [-0.2, 0) is 24.1 Å². The van der Waals surface area contributed by atoms with Crippen LogP contribution in [0.2, 0.25) is 0 Å². The fourth-order valence-electron chi connectivity index (χ4n) is 5.16. The topological polar surface area (TPSA) is 54.0 Å². The SMILES string of the molecule is O=C(NC1Cc2ccccc2C1)[C@]1(Cc2cscn2)C[C@@H]2CC[C@H]1N2. The number of thiazole rings is 1. The van der Waals surface area contributed by atoms with Crippen molar-refractivity contribution in [3.8, 4) is 0 Å². The number of hydrogen-bond donors (Lipinski definition) is 2. The first-order valence-corrected chi connectivity index (χ1v) is 10.2. The molecule has 0 spiro atoms. The highest BCUT2D eigenvalue weighted by atomic mass is 32.1. The Bertz CT molecular complexity index is 765. The number of amides is 1. The van der Waals surface area contributed by atoms with E-state index in [1.165, 1.54) is 17.5 Å². The van der Waals surface area contributed by atoms with Crippen molar-refractivity contribution < 1.29 is 4.79 Å². The number of carbonyl (C=O) groups is 1. The molecule has 25 heavy (non-hydrogen) atoms. The third-order valence-electron chi connectivity index (χ3n) is 6.34. The van der Waals surface area contributed by atoms with Crippen LogP contribution in [-0.4, -0.2) is 29.0 Å². The molecule has 2 N–H and O–H groups in total. The quantitative estimate of drug-likeness (QED) is 0.888. The van der Waals surface area contributed by atoms with Crippen molar-refractivity contribution in [2.75, 3.05) is 0 Å². The number of fused-ring (bicyclic) bond motifs is 3. The molecule has 4 nitrogen and oxygen atoms in total. The summed E-state index contributed by atoms with van der Waals surface area (Å²) in [6.07, 6.45) is 5.92. The van der Waals surface area contributed by atoms with Crippen LogP contribution in [0.25, 0.3) is 0 Å². The van der Waals surface area contributed by atoms with Crippen LogP contribution in [0.4, 0.5) is 0 Å². The minimum atomic E-state index is -0.328. The van der Waals surface area contributed by atoms with Crippen molar-refractivity contribution in [1.82, 2.24) is 15.6 Å². The summed E-state index contributed by atoms with van der Waals surface area (Å²) in [5.74, 6) is 0.234. The molecule has 0 saturated carbocycles. The first-order valence-electron chi connectivity index (χ1n) is 9.24. The zero-order valence-corrected chi connectivity index (χ0v) is 15.0. The summed E-state index contributed by atoms with van der Waals surface area (Å²) in [6.45, 7) is 0. The van der Waals surface area contributed by atoms with Crippen molar-refractivity contribution in [3.63, 3.8) is 0 Å². The molecule has 3 heterocycles. The lowest BCUT2D eigenvalue weighted by Crippen LogP contribution is -2.52. The smallest absolute Gasteiger partial charge is 0.228 e. The second-order valence-corrected chi connectivity index (χ2v) is 8.58. The minimum absolute atomic E-state index is 0.233. The van der Waals surface area contributed by atoms with Crippen LogP contribution in [0, 0.1) is 5.41 Å². The summed E-state index contributed by atoms with van der Waals surface area (Å²) in [6, 6.07) is 9.57. The van der Waals surface area contributed by atoms with E-state index in [4.69, 9.17) is 0 Å². The maximum atomic E-state index is 13.4. The highest BCUT2D eigenvalue weighted by Gasteiger charge is 2.55. The number of aromatic nitrogens is 1. The molecule has 5 heteroatoms.